The number of carbonyl (C=O) groups is 1. The number of hydrogen-bond acceptors (Lipinski definition) is 3. The van der Waals surface area contributed by atoms with E-state index in [0.29, 0.717) is 18.0 Å². The van der Waals surface area contributed by atoms with Crippen LogP contribution in [0, 0.1) is 24.5 Å². The molecular weight excluding hydrogens is 439 g/mol. The van der Waals surface area contributed by atoms with Crippen molar-refractivity contribution in [2.45, 2.75) is 71.2 Å². The molecule has 0 bridgehead atoms. The number of benzene rings is 2. The highest BCUT2D eigenvalue weighted by Gasteiger charge is 2.23. The van der Waals surface area contributed by atoms with Gasteiger partial charge in [-0.05, 0) is 61.3 Å². The number of nitrogens with one attached hydrogen (secondary N) is 1. The van der Waals surface area contributed by atoms with Crippen LogP contribution in [-0.4, -0.2) is 26.6 Å². The van der Waals surface area contributed by atoms with Gasteiger partial charge in [-0.15, -0.1) is 11.8 Å². The molecule has 0 atom stereocenters. The van der Waals surface area contributed by atoms with E-state index in [1.807, 2.05) is 44.4 Å². The Morgan fingerprint density at radius 2 is 1.70 bits per heavy atom. The lowest BCUT2D eigenvalue weighted by Crippen LogP contribution is -2.31. The number of thioether (sulfide) groups is 1. The van der Waals surface area contributed by atoms with Crippen LogP contribution >= 0.6 is 11.8 Å². The summed E-state index contributed by atoms with van der Waals surface area (Å²) in [6.45, 7) is 7.74. The molecule has 1 amide bonds. The van der Waals surface area contributed by atoms with Crippen LogP contribution in [0.3, 0.4) is 0 Å². The van der Waals surface area contributed by atoms with Crippen LogP contribution in [0.2, 0.25) is 6.82 Å². The normalized spacial score (nSPS) is 13.2. The molecule has 7 heteroatoms. The molecule has 0 saturated heterocycles. The fraction of sp³-hybridized carbons (Fsp3) is 0.500. The Hall–Kier alpha value is -2.02. The van der Waals surface area contributed by atoms with Crippen molar-refractivity contribution in [1.82, 2.24) is 5.32 Å². The molecule has 2 radical (unpaired) electrons. The van der Waals surface area contributed by atoms with Gasteiger partial charge in [-0.3, -0.25) is 4.79 Å². The van der Waals surface area contributed by atoms with E-state index in [1.165, 1.54) is 19.3 Å². The van der Waals surface area contributed by atoms with Crippen molar-refractivity contribution < 1.29 is 18.3 Å². The minimum Gasteiger partial charge on any atom is -0.485 e. The molecule has 0 heterocycles. The van der Waals surface area contributed by atoms with Crippen molar-refractivity contribution in [2.24, 2.45) is 5.92 Å². The monoisotopic (exact) mass is 475 g/mol. The largest absolute Gasteiger partial charge is 0.485 e. The maximum absolute atomic E-state index is 14.6. The van der Waals surface area contributed by atoms with Crippen LogP contribution in [0.1, 0.15) is 67.4 Å². The van der Waals surface area contributed by atoms with Crippen molar-refractivity contribution in [3.05, 3.63) is 58.7 Å². The quantitative estimate of drug-likeness (QED) is 0.343. The predicted molar refractivity (Wildman–Crippen MR) is 136 cm³/mol. The van der Waals surface area contributed by atoms with E-state index in [0.717, 1.165) is 36.1 Å². The molecule has 3 rings (SSSR count). The molecule has 0 spiro atoms. The zero-order chi connectivity index (χ0) is 24.8. The lowest BCUT2D eigenvalue weighted by molar-refractivity contribution is 0.0938. The van der Waals surface area contributed by atoms with E-state index in [2.05, 4.69) is 13.2 Å². The second-order valence-corrected chi connectivity index (χ2v) is 8.43. The third-order valence-electron chi connectivity index (χ3n) is 5.41. The van der Waals surface area contributed by atoms with Gasteiger partial charge in [0.05, 0.1) is 13.4 Å². The number of ether oxygens (including phenoxy) is 1. The molecule has 0 aromatic heterocycles. The summed E-state index contributed by atoms with van der Waals surface area (Å²) < 4.78 is 34.7. The smallest absolute Gasteiger partial charge is 0.254 e. The van der Waals surface area contributed by atoms with E-state index in [9.17, 15) is 13.6 Å². The predicted octanol–water partition coefficient (Wildman–Crippen LogP) is 7.11. The number of rotatable bonds is 7. The third-order valence-corrected chi connectivity index (χ3v) is 6.15. The van der Waals surface area contributed by atoms with E-state index in [4.69, 9.17) is 4.74 Å². The van der Waals surface area contributed by atoms with E-state index >= 15 is 0 Å². The molecule has 1 aliphatic rings. The third kappa shape index (κ3) is 8.69. The lowest BCUT2D eigenvalue weighted by atomic mass is 9.89. The van der Waals surface area contributed by atoms with E-state index < -0.39 is 17.5 Å². The first-order valence-corrected chi connectivity index (χ1v) is 12.8. The molecular formula is C26H36BF2NO2S. The summed E-state index contributed by atoms with van der Waals surface area (Å²) >= 11 is 1.63. The van der Waals surface area contributed by atoms with Crippen LogP contribution in [0.25, 0.3) is 0 Å². The summed E-state index contributed by atoms with van der Waals surface area (Å²) in [5.41, 5.74) is 0.983. The SMILES string of the molecule is CC.CSc1ccc(COc2c(C)cc(C(=O)NCC3CCCCC3)c(F)c2F)cc1.[B]C. The molecule has 33 heavy (non-hydrogen) atoms. The second kappa shape index (κ2) is 15.8. The molecule has 3 nitrogen and oxygen atoms in total. The number of halogens is 2. The van der Waals surface area contributed by atoms with Crippen LogP contribution in [-0.2, 0) is 6.61 Å². The van der Waals surface area contributed by atoms with Crippen molar-refractivity contribution >= 4 is 25.5 Å². The molecule has 0 unspecified atom stereocenters. The van der Waals surface area contributed by atoms with Gasteiger partial charge in [0.1, 0.15) is 6.61 Å². The van der Waals surface area contributed by atoms with Gasteiger partial charge in [0.2, 0.25) is 5.82 Å². The van der Waals surface area contributed by atoms with Crippen molar-refractivity contribution in [2.75, 3.05) is 12.8 Å². The molecule has 1 N–H and O–H groups in total. The van der Waals surface area contributed by atoms with Gasteiger partial charge in [0, 0.05) is 11.4 Å². The van der Waals surface area contributed by atoms with E-state index in [1.54, 1.807) is 18.7 Å². The first kappa shape index (κ1) is 29.0. The maximum Gasteiger partial charge on any atom is 0.254 e. The average molecular weight is 475 g/mol. The summed E-state index contributed by atoms with van der Waals surface area (Å²) in [6.07, 6.45) is 7.68. The Labute approximate surface area is 203 Å². The molecule has 2 aromatic rings. The number of aryl methyl sites for hydroxylation is 1. The summed E-state index contributed by atoms with van der Waals surface area (Å²) in [7, 11) is 4.50. The highest BCUT2D eigenvalue weighted by Crippen LogP contribution is 2.29. The molecule has 2 aromatic carbocycles. The average Bonchev–Trinajstić information content (AvgIpc) is 2.88. The zero-order valence-electron chi connectivity index (χ0n) is 20.5. The fourth-order valence-electron chi connectivity index (χ4n) is 3.68. The van der Waals surface area contributed by atoms with Crippen molar-refractivity contribution in [3.8, 4) is 5.75 Å². The Morgan fingerprint density at radius 3 is 2.27 bits per heavy atom. The summed E-state index contributed by atoms with van der Waals surface area (Å²) in [6, 6.07) is 9.05. The lowest BCUT2D eigenvalue weighted by Gasteiger charge is -2.22. The highest BCUT2D eigenvalue weighted by atomic mass is 32.2. The molecule has 180 valence electrons. The van der Waals surface area contributed by atoms with Gasteiger partial charge in [0.25, 0.3) is 5.91 Å². The summed E-state index contributed by atoms with van der Waals surface area (Å²) in [4.78, 5) is 13.5. The second-order valence-electron chi connectivity index (χ2n) is 7.55. The van der Waals surface area contributed by atoms with Gasteiger partial charge in [-0.1, -0.05) is 52.1 Å². The number of carbonyl (C=O) groups excluding carboxylic acids is 1. The zero-order valence-corrected chi connectivity index (χ0v) is 21.3. The van der Waals surface area contributed by atoms with Gasteiger partial charge in [0.15, 0.2) is 11.6 Å². The standard InChI is InChI=1S/C23H27F2NO2S.C2H6.CH3B/c1-15-12-19(23(27)26-13-16-6-4-3-5-7-16)20(24)21(25)22(15)28-14-17-8-10-18(29-2)11-9-17;2*1-2/h8-12,16H,3-7,13-14H2,1-2H3,(H,26,27);1-2H3;1H3. The first-order valence-electron chi connectivity index (χ1n) is 11.6. The van der Waals surface area contributed by atoms with Crippen molar-refractivity contribution in [1.29, 1.82) is 0 Å². The van der Waals surface area contributed by atoms with Crippen molar-refractivity contribution in [3.63, 3.8) is 0 Å². The van der Waals surface area contributed by atoms with E-state index in [-0.39, 0.29) is 17.9 Å². The van der Waals surface area contributed by atoms with Crippen LogP contribution < -0.4 is 10.1 Å². The molecule has 0 aliphatic heterocycles. The Morgan fingerprint density at radius 1 is 1.09 bits per heavy atom. The van der Waals surface area contributed by atoms with Gasteiger partial charge < -0.3 is 10.1 Å². The van der Waals surface area contributed by atoms with Crippen LogP contribution in [0.4, 0.5) is 8.78 Å². The van der Waals surface area contributed by atoms with Gasteiger partial charge in [-0.2, -0.15) is 4.39 Å². The van der Waals surface area contributed by atoms with Crippen LogP contribution in [0.15, 0.2) is 35.2 Å². The Kier molecular flexibility index (Phi) is 13.9. The first-order chi connectivity index (χ1) is 16.0. The summed E-state index contributed by atoms with van der Waals surface area (Å²) in [5, 5.41) is 2.76. The Balaban J connectivity index is 0.00000129. The minimum atomic E-state index is -1.16. The number of amides is 1. The Bertz CT molecular complexity index is 856. The summed E-state index contributed by atoms with van der Waals surface area (Å²) in [5.74, 6) is -2.59. The number of hydrogen-bond donors (Lipinski definition) is 1. The van der Waals surface area contributed by atoms with Crippen LogP contribution in [0.5, 0.6) is 5.75 Å². The van der Waals surface area contributed by atoms with Gasteiger partial charge >= 0.3 is 0 Å². The highest BCUT2D eigenvalue weighted by molar-refractivity contribution is 7.98. The molecule has 1 aliphatic carbocycles. The molecule has 1 fully saturated rings. The van der Waals surface area contributed by atoms with Gasteiger partial charge in [-0.25, -0.2) is 4.39 Å². The maximum atomic E-state index is 14.6. The molecule has 1 saturated carbocycles. The minimum absolute atomic E-state index is 0.124. The fourth-order valence-corrected chi connectivity index (χ4v) is 4.09. The topological polar surface area (TPSA) is 38.3 Å².